The molecule has 6 nitrogen and oxygen atoms in total. The zero-order chi connectivity index (χ0) is 71.9. The summed E-state index contributed by atoms with van der Waals surface area (Å²) in [6.45, 7) is 4.67. The molecule has 0 aliphatic heterocycles. The second-order valence-corrected chi connectivity index (χ2v) is 29.3. The summed E-state index contributed by atoms with van der Waals surface area (Å²) in [5, 5.41) is 28.5. The first-order valence-electron chi connectivity index (χ1n) is 37.0. The summed E-state index contributed by atoms with van der Waals surface area (Å²) >= 11 is 0. The van der Waals surface area contributed by atoms with Gasteiger partial charge in [-0.1, -0.05) is 238 Å². The highest BCUT2D eigenvalue weighted by Crippen LogP contribution is 2.59. The number of nitriles is 2. The molecular formula is C102H66N6. The van der Waals surface area contributed by atoms with Gasteiger partial charge in [-0.15, -0.1) is 0 Å². The third kappa shape index (κ3) is 9.18. The molecule has 2 aliphatic rings. The maximum atomic E-state index is 9.44. The van der Waals surface area contributed by atoms with Crippen LogP contribution in [0.2, 0.25) is 0 Å². The molecule has 0 radical (unpaired) electrons. The lowest BCUT2D eigenvalue weighted by atomic mass is 9.67. The molecule has 20 aromatic rings. The highest BCUT2D eigenvalue weighted by molar-refractivity contribution is 6.15. The third-order valence-corrected chi connectivity index (χ3v) is 23.4. The smallest absolute Gasteiger partial charge is 0.0991 e. The van der Waals surface area contributed by atoms with E-state index in [9.17, 15) is 10.5 Å². The fourth-order valence-electron chi connectivity index (χ4n) is 18.6. The van der Waals surface area contributed by atoms with Crippen molar-refractivity contribution in [2.75, 3.05) is 0 Å². The minimum absolute atomic E-state index is 0.0182. The minimum atomic E-state index is -0.533. The molecular weight excluding hydrogens is 1310 g/mol. The van der Waals surface area contributed by atoms with E-state index in [1.807, 2.05) is 48.5 Å². The molecule has 0 N–H and O–H groups in total. The van der Waals surface area contributed by atoms with Gasteiger partial charge in [0, 0.05) is 71.1 Å². The molecule has 0 amide bonds. The molecule has 0 atom stereocenters. The van der Waals surface area contributed by atoms with Gasteiger partial charge in [-0.25, -0.2) is 0 Å². The Morgan fingerprint density at radius 1 is 0.241 bits per heavy atom. The largest absolute Gasteiger partial charge is 0.309 e. The molecule has 0 saturated carbocycles. The van der Waals surface area contributed by atoms with Crippen molar-refractivity contribution in [1.82, 2.24) is 18.3 Å². The maximum Gasteiger partial charge on any atom is 0.0991 e. The second kappa shape index (κ2) is 24.1. The van der Waals surface area contributed by atoms with Crippen LogP contribution >= 0.6 is 0 Å². The lowest BCUT2D eigenvalue weighted by Crippen LogP contribution is -2.29. The van der Waals surface area contributed by atoms with E-state index in [4.69, 9.17) is 0 Å². The summed E-state index contributed by atoms with van der Waals surface area (Å²) < 4.78 is 9.53. The molecule has 0 spiro atoms. The van der Waals surface area contributed by atoms with Crippen LogP contribution in [0.15, 0.2) is 364 Å². The number of benzene rings is 16. The average Bonchev–Trinajstić information content (AvgIpc) is 1.53. The second-order valence-electron chi connectivity index (χ2n) is 29.3. The Morgan fingerprint density at radius 3 is 1.02 bits per heavy atom. The van der Waals surface area contributed by atoms with Crippen molar-refractivity contribution in [3.05, 3.63) is 408 Å². The van der Waals surface area contributed by atoms with Crippen molar-refractivity contribution in [3.8, 4) is 79.4 Å². The molecule has 0 saturated heterocycles. The Morgan fingerprint density at radius 2 is 0.574 bits per heavy atom. The molecule has 2 aliphatic carbocycles. The number of hydrogen-bond donors (Lipinski definition) is 0. The summed E-state index contributed by atoms with van der Waals surface area (Å²) in [6, 6.07) is 136. The highest BCUT2D eigenvalue weighted by atomic mass is 15.0. The van der Waals surface area contributed by atoms with Crippen LogP contribution in [0.4, 0.5) is 0 Å². The quantitative estimate of drug-likeness (QED) is 0.152. The van der Waals surface area contributed by atoms with E-state index in [-0.39, 0.29) is 5.41 Å². The van der Waals surface area contributed by atoms with Gasteiger partial charge in [-0.2, -0.15) is 10.5 Å². The van der Waals surface area contributed by atoms with Gasteiger partial charge in [0.1, 0.15) is 0 Å². The molecule has 16 aromatic carbocycles. The standard InChI is InChI=1S/C56H35N3.C46H31N3/c57-36-37-26-30-42(31-27-37)58-50-23-11-8-19-44(50)47-34-38(28-32-52(47)58)39-29-33-53-48(35-39)45-20-9-12-24-51(45)59(53)54-25-13-21-46-43-18-7-10-22-49(43)56(55(46)54,40-14-3-1-4-15-40)41-16-5-2-6-17-41;1-46(2)40-12-6-3-9-34(40)37-27-33(21-22-41(37)46)49-43-14-8-5-11-36(43)39-26-31(18-24-45(39)49)30-17-23-44-38(25-30)35-10-4-7-13-42(35)48(44)32-19-15-29(28-47)16-20-32/h1-35H;3-27H,1-2H3. The molecule has 4 aromatic heterocycles. The van der Waals surface area contributed by atoms with E-state index in [2.05, 4.69) is 360 Å². The van der Waals surface area contributed by atoms with Gasteiger partial charge in [0.15, 0.2) is 0 Å². The van der Waals surface area contributed by atoms with Gasteiger partial charge >= 0.3 is 0 Å². The molecule has 108 heavy (non-hydrogen) atoms. The maximum absolute atomic E-state index is 9.44. The minimum Gasteiger partial charge on any atom is -0.309 e. The van der Waals surface area contributed by atoms with Crippen LogP contribution in [-0.2, 0) is 10.8 Å². The van der Waals surface area contributed by atoms with Crippen molar-refractivity contribution in [2.45, 2.75) is 24.7 Å². The molecule has 0 bridgehead atoms. The van der Waals surface area contributed by atoms with Gasteiger partial charge in [-0.05, 0) is 212 Å². The van der Waals surface area contributed by atoms with E-state index in [0.717, 1.165) is 33.4 Å². The number of hydrogen-bond acceptors (Lipinski definition) is 2. The Hall–Kier alpha value is -14.3. The molecule has 0 unspecified atom stereocenters. The van der Waals surface area contributed by atoms with E-state index in [1.54, 1.807) is 0 Å². The summed E-state index contributed by atoms with van der Waals surface area (Å²) in [6.07, 6.45) is 0. The SMILES string of the molecule is CC1(C)c2ccccc2-c2cc(-n3c4ccccc4c4cc(-c5ccc6c(c5)c5ccccc5n6-c5ccc(C#N)cc5)ccc43)ccc21.N#Cc1ccc(-n2c3ccccc3c3cc(-c4ccc5c(c4)c4ccccc4n5-c4cccc5c4C(c4ccccc4)(c4ccccc4)c4ccccc4-5)ccc32)cc1. The summed E-state index contributed by atoms with van der Waals surface area (Å²) in [7, 11) is 0. The lowest BCUT2D eigenvalue weighted by molar-refractivity contribution is 0.660. The first-order chi connectivity index (χ1) is 53.2. The topological polar surface area (TPSA) is 67.3 Å². The number of nitrogens with zero attached hydrogens (tertiary/aromatic N) is 6. The normalized spacial score (nSPS) is 13.0. The summed E-state index contributed by atoms with van der Waals surface area (Å²) in [5.41, 5.74) is 32.4. The van der Waals surface area contributed by atoms with Crippen molar-refractivity contribution < 1.29 is 0 Å². The fraction of sp³-hybridized carbons (Fsp3) is 0.0392. The van der Waals surface area contributed by atoms with Crippen LogP contribution in [0.1, 0.15) is 58.4 Å². The number of fused-ring (bicyclic) bond motifs is 18. The Balaban J connectivity index is 0.000000140. The van der Waals surface area contributed by atoms with Crippen LogP contribution in [0.5, 0.6) is 0 Å². The molecule has 22 rings (SSSR count). The summed E-state index contributed by atoms with van der Waals surface area (Å²) in [5.74, 6) is 0. The van der Waals surface area contributed by atoms with Crippen LogP contribution in [0.3, 0.4) is 0 Å². The Kier molecular flexibility index (Phi) is 13.9. The molecule has 6 heteroatoms. The molecule has 0 fully saturated rings. The Bertz CT molecular complexity index is 7170. The monoisotopic (exact) mass is 1370 g/mol. The molecule has 4 heterocycles. The van der Waals surface area contributed by atoms with Crippen LogP contribution in [0, 0.1) is 22.7 Å². The molecule has 504 valence electrons. The van der Waals surface area contributed by atoms with Crippen LogP contribution in [-0.4, -0.2) is 18.3 Å². The first-order valence-corrected chi connectivity index (χ1v) is 37.0. The third-order valence-electron chi connectivity index (χ3n) is 23.4. The van der Waals surface area contributed by atoms with Gasteiger partial charge in [0.05, 0.1) is 78.5 Å². The van der Waals surface area contributed by atoms with Gasteiger partial charge in [0.25, 0.3) is 0 Å². The van der Waals surface area contributed by atoms with Crippen molar-refractivity contribution in [3.63, 3.8) is 0 Å². The highest BCUT2D eigenvalue weighted by Gasteiger charge is 2.48. The van der Waals surface area contributed by atoms with Crippen molar-refractivity contribution >= 4 is 87.2 Å². The lowest BCUT2D eigenvalue weighted by Gasteiger charge is -2.35. The Labute approximate surface area is 624 Å². The van der Waals surface area contributed by atoms with E-state index >= 15 is 0 Å². The van der Waals surface area contributed by atoms with Gasteiger partial charge in [0.2, 0.25) is 0 Å². The van der Waals surface area contributed by atoms with Crippen LogP contribution < -0.4 is 0 Å². The van der Waals surface area contributed by atoms with E-state index < -0.39 is 5.41 Å². The number of rotatable bonds is 8. The number of para-hydroxylation sites is 4. The van der Waals surface area contributed by atoms with Gasteiger partial charge < -0.3 is 18.3 Å². The van der Waals surface area contributed by atoms with Crippen molar-refractivity contribution in [1.29, 1.82) is 10.5 Å². The zero-order valence-electron chi connectivity index (χ0n) is 59.3. The number of aromatic nitrogens is 4. The van der Waals surface area contributed by atoms with Crippen molar-refractivity contribution in [2.24, 2.45) is 0 Å². The average molecular weight is 1380 g/mol. The predicted octanol–water partition coefficient (Wildman–Crippen LogP) is 25.5. The zero-order valence-corrected chi connectivity index (χ0v) is 59.3. The predicted molar refractivity (Wildman–Crippen MR) is 445 cm³/mol. The fourth-order valence-corrected chi connectivity index (χ4v) is 18.6. The van der Waals surface area contributed by atoms with E-state index in [1.165, 1.54) is 154 Å². The summed E-state index contributed by atoms with van der Waals surface area (Å²) in [4.78, 5) is 0. The van der Waals surface area contributed by atoms with E-state index in [0.29, 0.717) is 11.1 Å². The first kappa shape index (κ1) is 62.3. The van der Waals surface area contributed by atoms with Gasteiger partial charge in [-0.3, -0.25) is 0 Å². The van der Waals surface area contributed by atoms with Crippen LogP contribution in [0.25, 0.3) is 154 Å².